The third-order valence-electron chi connectivity index (χ3n) is 3.06. The van der Waals surface area contributed by atoms with Crippen LogP contribution >= 0.6 is 11.8 Å². The van der Waals surface area contributed by atoms with Crippen molar-refractivity contribution in [2.45, 2.75) is 18.9 Å². The molecule has 96 valence electrons. The highest BCUT2D eigenvalue weighted by molar-refractivity contribution is 7.99. The summed E-state index contributed by atoms with van der Waals surface area (Å²) in [4.78, 5) is 23.4. The minimum atomic E-state index is -1.11. The summed E-state index contributed by atoms with van der Waals surface area (Å²) in [6.07, 6.45) is 0.477. The van der Waals surface area contributed by atoms with E-state index in [1.54, 1.807) is 30.0 Å². The number of carbonyl (C=O) groups excluding carboxylic acids is 1. The molecule has 1 fully saturated rings. The van der Waals surface area contributed by atoms with E-state index >= 15 is 0 Å². The van der Waals surface area contributed by atoms with Crippen molar-refractivity contribution >= 4 is 23.6 Å². The van der Waals surface area contributed by atoms with Crippen LogP contribution in [0.2, 0.25) is 0 Å². The number of benzene rings is 1. The number of nitrogens with one attached hydrogen (secondary N) is 1. The predicted octanol–water partition coefficient (Wildman–Crippen LogP) is 1.69. The number of rotatable bonds is 3. The van der Waals surface area contributed by atoms with E-state index in [1.807, 2.05) is 13.0 Å². The fourth-order valence-corrected chi connectivity index (χ4v) is 3.29. The average molecular weight is 265 g/mol. The van der Waals surface area contributed by atoms with Crippen molar-refractivity contribution in [3.05, 3.63) is 35.4 Å². The number of aliphatic carboxylic acids is 1. The number of amides is 1. The molecule has 0 radical (unpaired) electrons. The summed E-state index contributed by atoms with van der Waals surface area (Å²) in [5.41, 5.74) is 0.381. The molecule has 1 amide bonds. The SMILES string of the molecule is Cc1cccc(C(=O)NC2(C(=O)O)CCSC2)c1. The topological polar surface area (TPSA) is 66.4 Å². The van der Waals surface area contributed by atoms with Crippen LogP contribution in [0.3, 0.4) is 0 Å². The van der Waals surface area contributed by atoms with Gasteiger partial charge in [0.1, 0.15) is 5.54 Å². The van der Waals surface area contributed by atoms with Gasteiger partial charge in [-0.15, -0.1) is 0 Å². The molecule has 2 rings (SSSR count). The van der Waals surface area contributed by atoms with Crippen molar-refractivity contribution in [2.24, 2.45) is 0 Å². The molecular formula is C13H15NO3S. The standard InChI is InChI=1S/C13H15NO3S/c1-9-3-2-4-10(7-9)11(15)14-13(12(16)17)5-6-18-8-13/h2-4,7H,5-6,8H2,1H3,(H,14,15)(H,16,17). The molecule has 0 saturated carbocycles. The van der Waals surface area contributed by atoms with Crippen LogP contribution in [0.1, 0.15) is 22.3 Å². The first kappa shape index (κ1) is 13.0. The zero-order valence-corrected chi connectivity index (χ0v) is 10.9. The number of carboxylic acids is 1. The summed E-state index contributed by atoms with van der Waals surface area (Å²) < 4.78 is 0. The molecule has 1 unspecified atom stereocenters. The van der Waals surface area contributed by atoms with Crippen molar-refractivity contribution < 1.29 is 14.7 Å². The van der Waals surface area contributed by atoms with Crippen molar-refractivity contribution in [3.8, 4) is 0 Å². The van der Waals surface area contributed by atoms with Crippen LogP contribution in [0, 0.1) is 6.92 Å². The zero-order chi connectivity index (χ0) is 13.2. The highest BCUT2D eigenvalue weighted by Gasteiger charge is 2.43. The summed E-state index contributed by atoms with van der Waals surface area (Å²) >= 11 is 1.55. The fraction of sp³-hybridized carbons (Fsp3) is 0.385. The Kier molecular flexibility index (Phi) is 3.61. The highest BCUT2D eigenvalue weighted by Crippen LogP contribution is 2.28. The average Bonchev–Trinajstić information content (AvgIpc) is 2.79. The third kappa shape index (κ3) is 2.51. The maximum Gasteiger partial charge on any atom is 0.330 e. The molecular weight excluding hydrogens is 250 g/mol. The van der Waals surface area contributed by atoms with Gasteiger partial charge in [0.15, 0.2) is 0 Å². The lowest BCUT2D eigenvalue weighted by molar-refractivity contribution is -0.143. The van der Waals surface area contributed by atoms with Crippen LogP contribution in [0.15, 0.2) is 24.3 Å². The van der Waals surface area contributed by atoms with Gasteiger partial charge < -0.3 is 10.4 Å². The molecule has 1 aromatic rings. The quantitative estimate of drug-likeness (QED) is 0.872. The molecule has 0 aromatic heterocycles. The van der Waals surface area contributed by atoms with Crippen LogP contribution in [-0.2, 0) is 4.79 Å². The van der Waals surface area contributed by atoms with Crippen LogP contribution < -0.4 is 5.32 Å². The van der Waals surface area contributed by atoms with Gasteiger partial charge in [0.25, 0.3) is 5.91 Å². The van der Waals surface area contributed by atoms with Crippen molar-refractivity contribution in [1.82, 2.24) is 5.32 Å². The van der Waals surface area contributed by atoms with E-state index in [2.05, 4.69) is 5.32 Å². The Labute approximate surface area is 110 Å². The molecule has 0 bridgehead atoms. The van der Waals surface area contributed by atoms with Gasteiger partial charge in [0, 0.05) is 11.3 Å². The second-order valence-electron chi connectivity index (χ2n) is 4.51. The summed E-state index contributed by atoms with van der Waals surface area (Å²) in [6, 6.07) is 7.14. The maximum absolute atomic E-state index is 12.1. The number of carbonyl (C=O) groups is 2. The van der Waals surface area contributed by atoms with Crippen LogP contribution in [-0.4, -0.2) is 34.0 Å². The molecule has 2 N–H and O–H groups in total. The molecule has 1 aromatic carbocycles. The molecule has 1 aliphatic heterocycles. The van der Waals surface area contributed by atoms with E-state index in [9.17, 15) is 14.7 Å². The minimum absolute atomic E-state index is 0.316. The van der Waals surface area contributed by atoms with Gasteiger partial charge in [-0.2, -0.15) is 11.8 Å². The molecule has 4 nitrogen and oxygen atoms in total. The largest absolute Gasteiger partial charge is 0.479 e. The second kappa shape index (κ2) is 5.02. The third-order valence-corrected chi connectivity index (χ3v) is 4.25. The van der Waals surface area contributed by atoms with Crippen molar-refractivity contribution in [3.63, 3.8) is 0 Å². The molecule has 1 aliphatic rings. The first-order valence-corrected chi connectivity index (χ1v) is 6.89. The number of thioether (sulfide) groups is 1. The van der Waals surface area contributed by atoms with Gasteiger partial charge in [-0.3, -0.25) is 4.79 Å². The smallest absolute Gasteiger partial charge is 0.330 e. The van der Waals surface area contributed by atoms with Gasteiger partial charge in [-0.25, -0.2) is 4.79 Å². The van der Waals surface area contributed by atoms with Crippen LogP contribution in [0.25, 0.3) is 0 Å². The molecule has 5 heteroatoms. The van der Waals surface area contributed by atoms with E-state index in [4.69, 9.17) is 0 Å². The molecule has 1 atom stereocenters. The Hall–Kier alpha value is -1.49. The number of aryl methyl sites for hydroxylation is 1. The zero-order valence-electron chi connectivity index (χ0n) is 10.1. The normalized spacial score (nSPS) is 22.7. The summed E-state index contributed by atoms with van der Waals surface area (Å²) in [5.74, 6) is -0.0718. The minimum Gasteiger partial charge on any atom is -0.479 e. The Morgan fingerprint density at radius 1 is 1.44 bits per heavy atom. The van der Waals surface area contributed by atoms with Crippen LogP contribution in [0.4, 0.5) is 0 Å². The number of hydrogen-bond donors (Lipinski definition) is 2. The number of hydrogen-bond acceptors (Lipinski definition) is 3. The lowest BCUT2D eigenvalue weighted by atomic mass is 9.98. The lowest BCUT2D eigenvalue weighted by Crippen LogP contribution is -2.54. The fourth-order valence-electron chi connectivity index (χ4n) is 1.96. The van der Waals surface area contributed by atoms with Crippen LogP contribution in [0.5, 0.6) is 0 Å². The first-order valence-electron chi connectivity index (χ1n) is 5.74. The monoisotopic (exact) mass is 265 g/mol. The molecule has 0 spiro atoms. The molecule has 1 heterocycles. The molecule has 0 aliphatic carbocycles. The van der Waals surface area contributed by atoms with E-state index in [0.717, 1.165) is 11.3 Å². The molecule has 1 saturated heterocycles. The first-order chi connectivity index (χ1) is 8.53. The maximum atomic E-state index is 12.1. The van der Waals surface area contributed by atoms with E-state index < -0.39 is 11.5 Å². The van der Waals surface area contributed by atoms with E-state index in [1.165, 1.54) is 0 Å². The summed E-state index contributed by atoms with van der Waals surface area (Å²) in [7, 11) is 0. The highest BCUT2D eigenvalue weighted by atomic mass is 32.2. The lowest BCUT2D eigenvalue weighted by Gasteiger charge is -2.24. The summed E-state index contributed by atoms with van der Waals surface area (Å²) in [6.45, 7) is 1.90. The Morgan fingerprint density at radius 2 is 2.22 bits per heavy atom. The second-order valence-corrected chi connectivity index (χ2v) is 5.62. The van der Waals surface area contributed by atoms with Gasteiger partial charge in [-0.05, 0) is 31.2 Å². The van der Waals surface area contributed by atoms with Crippen molar-refractivity contribution in [1.29, 1.82) is 0 Å². The van der Waals surface area contributed by atoms with Crippen molar-refractivity contribution in [2.75, 3.05) is 11.5 Å². The van der Waals surface area contributed by atoms with E-state index in [0.29, 0.717) is 17.7 Å². The van der Waals surface area contributed by atoms with Gasteiger partial charge in [0.05, 0.1) is 0 Å². The Balaban J connectivity index is 2.18. The van der Waals surface area contributed by atoms with Gasteiger partial charge in [0.2, 0.25) is 0 Å². The summed E-state index contributed by atoms with van der Waals surface area (Å²) in [5, 5.41) is 12.0. The number of carboxylic acid groups (broad SMARTS) is 1. The molecule has 18 heavy (non-hydrogen) atoms. The van der Waals surface area contributed by atoms with Gasteiger partial charge in [-0.1, -0.05) is 17.7 Å². The Morgan fingerprint density at radius 3 is 2.78 bits per heavy atom. The predicted molar refractivity (Wildman–Crippen MR) is 71.0 cm³/mol. The van der Waals surface area contributed by atoms with Gasteiger partial charge >= 0.3 is 5.97 Å². The Bertz CT molecular complexity index is 481. The van der Waals surface area contributed by atoms with E-state index in [-0.39, 0.29) is 5.91 Å².